The van der Waals surface area contributed by atoms with Gasteiger partial charge in [-0.1, -0.05) is 12.8 Å². The molecule has 1 aromatic rings. The monoisotopic (exact) mass is 184 g/mol. The topological polar surface area (TPSA) is 72.1 Å². The van der Waals surface area contributed by atoms with Crippen molar-refractivity contribution in [3.05, 3.63) is 18.0 Å². The molecule has 0 aliphatic rings. The summed E-state index contributed by atoms with van der Waals surface area (Å²) in [5, 5.41) is 0. The van der Waals surface area contributed by atoms with Crippen molar-refractivity contribution in [1.29, 1.82) is 0 Å². The van der Waals surface area contributed by atoms with Crippen LogP contribution < -0.4 is 10.0 Å². The number of urea groups is 1. The maximum atomic E-state index is 10.6. The number of carbonyl (C=O) groups is 1. The van der Waals surface area contributed by atoms with E-state index in [1.807, 2.05) is 0 Å². The second-order valence-electron chi connectivity index (χ2n) is 2.15. The van der Waals surface area contributed by atoms with Crippen LogP contribution in [0.1, 0.15) is 5.69 Å². The first-order chi connectivity index (χ1) is 5.61. The highest BCUT2D eigenvalue weighted by Gasteiger charge is 2.09. The van der Waals surface area contributed by atoms with Crippen molar-refractivity contribution in [1.82, 2.24) is 9.97 Å². The minimum atomic E-state index is -0.705. The fourth-order valence-corrected chi connectivity index (χ4v) is 0.733. The van der Waals surface area contributed by atoms with Crippen molar-refractivity contribution in [3.63, 3.8) is 0 Å². The van der Waals surface area contributed by atoms with Crippen LogP contribution in [0.4, 0.5) is 10.7 Å². The van der Waals surface area contributed by atoms with E-state index in [-0.39, 0.29) is 5.95 Å². The Labute approximate surface area is 75.2 Å². The average molecular weight is 184 g/mol. The van der Waals surface area contributed by atoms with Gasteiger partial charge in [0.15, 0.2) is 0 Å². The number of aromatic nitrogens is 2. The molecule has 0 aliphatic heterocycles. The van der Waals surface area contributed by atoms with Crippen molar-refractivity contribution in [2.24, 2.45) is 5.73 Å². The maximum Gasteiger partial charge on any atom is 0.331 e. The van der Waals surface area contributed by atoms with Crippen LogP contribution >= 0.6 is 12.8 Å². The second-order valence-corrected chi connectivity index (χ2v) is 2.55. The summed E-state index contributed by atoms with van der Waals surface area (Å²) in [6.45, 7) is 1.79. The fourth-order valence-electron chi connectivity index (χ4n) is 0.636. The van der Waals surface area contributed by atoms with Gasteiger partial charge in [0, 0.05) is 11.9 Å². The van der Waals surface area contributed by atoms with Crippen LogP contribution in [-0.2, 0) is 0 Å². The molecule has 1 heterocycles. The van der Waals surface area contributed by atoms with Gasteiger partial charge in [0.1, 0.15) is 0 Å². The summed E-state index contributed by atoms with van der Waals surface area (Å²) in [5.41, 5.74) is 5.70. The number of nitrogens with two attached hydrogens (primary N) is 1. The zero-order valence-electron chi connectivity index (χ0n) is 6.43. The molecule has 0 saturated carbocycles. The standard InChI is InChI=1S/C6H8N4OS/c1-4-2-3-8-6(9-4)10(12)5(7)11/h2-3,12H,1H3,(H2,7,11). The lowest BCUT2D eigenvalue weighted by molar-refractivity contribution is 0.257. The molecule has 5 nitrogen and oxygen atoms in total. The Hall–Kier alpha value is -1.30. The lowest BCUT2D eigenvalue weighted by atomic mass is 10.5. The van der Waals surface area contributed by atoms with Gasteiger partial charge in [0.2, 0.25) is 5.95 Å². The molecule has 0 fully saturated rings. The Kier molecular flexibility index (Phi) is 2.49. The lowest BCUT2D eigenvalue weighted by Gasteiger charge is -2.09. The average Bonchev–Trinajstić information content (AvgIpc) is 2.03. The van der Waals surface area contributed by atoms with E-state index < -0.39 is 6.03 Å². The van der Waals surface area contributed by atoms with E-state index in [9.17, 15) is 4.79 Å². The summed E-state index contributed by atoms with van der Waals surface area (Å²) >= 11 is 3.80. The molecule has 0 aromatic carbocycles. The number of nitrogens with zero attached hydrogens (tertiary/aromatic N) is 3. The molecule has 0 spiro atoms. The van der Waals surface area contributed by atoms with E-state index in [1.165, 1.54) is 6.20 Å². The second kappa shape index (κ2) is 3.40. The maximum absolute atomic E-state index is 10.6. The highest BCUT2D eigenvalue weighted by Crippen LogP contribution is 2.08. The van der Waals surface area contributed by atoms with E-state index in [4.69, 9.17) is 5.73 Å². The Balaban J connectivity index is 2.95. The molecule has 0 unspecified atom stereocenters. The molecular formula is C6H8N4OS. The molecule has 0 bridgehead atoms. The summed E-state index contributed by atoms with van der Waals surface area (Å²) in [6, 6.07) is 1.01. The SMILES string of the molecule is Cc1ccnc(N(S)C(N)=O)n1. The molecule has 6 heteroatoms. The van der Waals surface area contributed by atoms with Crippen molar-refractivity contribution in [2.45, 2.75) is 6.92 Å². The highest BCUT2D eigenvalue weighted by molar-refractivity contribution is 7.82. The van der Waals surface area contributed by atoms with Crippen LogP contribution in [0, 0.1) is 6.92 Å². The Morgan fingerprint density at radius 3 is 2.92 bits per heavy atom. The third-order valence-electron chi connectivity index (χ3n) is 1.18. The van der Waals surface area contributed by atoms with Crippen LogP contribution in [0.2, 0.25) is 0 Å². The minimum Gasteiger partial charge on any atom is -0.350 e. The largest absolute Gasteiger partial charge is 0.350 e. The van der Waals surface area contributed by atoms with Crippen LogP contribution in [-0.4, -0.2) is 16.0 Å². The van der Waals surface area contributed by atoms with Crippen LogP contribution in [0.25, 0.3) is 0 Å². The molecule has 1 aromatic heterocycles. The van der Waals surface area contributed by atoms with Crippen molar-refractivity contribution < 1.29 is 4.79 Å². The summed E-state index contributed by atoms with van der Waals surface area (Å²) in [4.78, 5) is 18.3. The molecule has 2 N–H and O–H groups in total. The van der Waals surface area contributed by atoms with Gasteiger partial charge >= 0.3 is 6.03 Å². The molecular weight excluding hydrogens is 176 g/mol. The first kappa shape index (κ1) is 8.79. The third kappa shape index (κ3) is 1.85. The zero-order valence-corrected chi connectivity index (χ0v) is 7.32. The van der Waals surface area contributed by atoms with E-state index in [0.29, 0.717) is 0 Å². The molecule has 2 amide bonds. The van der Waals surface area contributed by atoms with Crippen molar-refractivity contribution >= 4 is 24.8 Å². The van der Waals surface area contributed by atoms with Gasteiger partial charge in [0.25, 0.3) is 0 Å². The Morgan fingerprint density at radius 1 is 1.75 bits per heavy atom. The van der Waals surface area contributed by atoms with Gasteiger partial charge in [-0.05, 0) is 13.0 Å². The molecule has 0 atom stereocenters. The number of primary amides is 1. The van der Waals surface area contributed by atoms with Crippen LogP contribution in [0.3, 0.4) is 0 Å². The van der Waals surface area contributed by atoms with E-state index in [0.717, 1.165) is 10.00 Å². The summed E-state index contributed by atoms with van der Waals surface area (Å²) in [7, 11) is 0. The zero-order chi connectivity index (χ0) is 9.14. The van der Waals surface area contributed by atoms with Gasteiger partial charge < -0.3 is 5.73 Å². The number of hydrogen-bond acceptors (Lipinski definition) is 4. The van der Waals surface area contributed by atoms with Gasteiger partial charge in [-0.15, -0.1) is 0 Å². The van der Waals surface area contributed by atoms with Crippen molar-refractivity contribution in [3.8, 4) is 0 Å². The molecule has 1 rings (SSSR count). The molecule has 64 valence electrons. The number of rotatable bonds is 1. The van der Waals surface area contributed by atoms with Crippen molar-refractivity contribution in [2.75, 3.05) is 4.31 Å². The predicted octanol–water partition coefficient (Wildman–Crippen LogP) is 0.515. The van der Waals surface area contributed by atoms with Gasteiger partial charge in [-0.25, -0.2) is 19.1 Å². The predicted molar refractivity (Wildman–Crippen MR) is 47.8 cm³/mol. The summed E-state index contributed by atoms with van der Waals surface area (Å²) in [6.07, 6.45) is 1.53. The Bertz CT molecular complexity index is 303. The van der Waals surface area contributed by atoms with Gasteiger partial charge in [-0.2, -0.15) is 0 Å². The quantitative estimate of drug-likeness (QED) is 0.625. The minimum absolute atomic E-state index is 0.186. The first-order valence-electron chi connectivity index (χ1n) is 3.19. The number of amides is 2. The van der Waals surface area contributed by atoms with E-state index >= 15 is 0 Å². The van der Waals surface area contributed by atoms with Crippen LogP contribution in [0.5, 0.6) is 0 Å². The number of hydrogen-bond donors (Lipinski definition) is 2. The molecule has 0 aliphatic carbocycles. The fraction of sp³-hybridized carbons (Fsp3) is 0.167. The Morgan fingerprint density at radius 2 is 2.42 bits per heavy atom. The number of anilines is 1. The van der Waals surface area contributed by atoms with Crippen LogP contribution in [0.15, 0.2) is 12.3 Å². The molecule has 0 radical (unpaired) electrons. The lowest BCUT2D eigenvalue weighted by Crippen LogP contribution is -2.28. The number of carbonyl (C=O) groups excluding carboxylic acids is 1. The van der Waals surface area contributed by atoms with E-state index in [1.54, 1.807) is 13.0 Å². The third-order valence-corrected chi connectivity index (χ3v) is 1.56. The number of aryl methyl sites for hydroxylation is 1. The smallest absolute Gasteiger partial charge is 0.331 e. The molecule has 0 saturated heterocycles. The first-order valence-corrected chi connectivity index (χ1v) is 3.59. The molecule has 12 heavy (non-hydrogen) atoms. The van der Waals surface area contributed by atoms with Gasteiger partial charge in [0.05, 0.1) is 0 Å². The van der Waals surface area contributed by atoms with Gasteiger partial charge in [-0.3, -0.25) is 0 Å². The summed E-state index contributed by atoms with van der Waals surface area (Å²) < 4.78 is 0.882. The van der Waals surface area contributed by atoms with E-state index in [2.05, 4.69) is 22.8 Å². The normalized spacial score (nSPS) is 9.50. The highest BCUT2D eigenvalue weighted by atomic mass is 32.1. The number of thiol groups is 1. The summed E-state index contributed by atoms with van der Waals surface area (Å²) in [5.74, 6) is 0.186.